The summed E-state index contributed by atoms with van der Waals surface area (Å²) in [7, 11) is 0. The van der Waals surface area contributed by atoms with Crippen LogP contribution in [0.15, 0.2) is 36.8 Å². The van der Waals surface area contributed by atoms with Crippen molar-refractivity contribution >= 4 is 10.8 Å². The quantitative estimate of drug-likeness (QED) is 0.796. The van der Waals surface area contributed by atoms with E-state index in [1.165, 1.54) is 6.20 Å². The molecule has 2 heterocycles. The van der Waals surface area contributed by atoms with Gasteiger partial charge < -0.3 is 9.84 Å². The number of alkyl halides is 1. The average molecular weight is 326 g/mol. The number of aromatic nitrogens is 4. The summed E-state index contributed by atoms with van der Waals surface area (Å²) in [5.74, 6) is 0.0693. The summed E-state index contributed by atoms with van der Waals surface area (Å²) in [4.78, 5) is 8.11. The second-order valence-corrected chi connectivity index (χ2v) is 5.82. The van der Waals surface area contributed by atoms with Gasteiger partial charge in [-0.2, -0.15) is 0 Å². The summed E-state index contributed by atoms with van der Waals surface area (Å²) in [6.07, 6.45) is 5.31. The zero-order chi connectivity index (χ0) is 16.5. The van der Waals surface area contributed by atoms with Gasteiger partial charge >= 0.3 is 6.01 Å². The number of benzene rings is 1. The molecule has 24 heavy (non-hydrogen) atoms. The molecule has 1 fully saturated rings. The van der Waals surface area contributed by atoms with Gasteiger partial charge in [-0.3, -0.25) is 4.98 Å². The van der Waals surface area contributed by atoms with Gasteiger partial charge in [0.15, 0.2) is 0 Å². The van der Waals surface area contributed by atoms with Crippen molar-refractivity contribution < 1.29 is 14.2 Å². The first kappa shape index (κ1) is 14.7. The van der Waals surface area contributed by atoms with E-state index in [2.05, 4.69) is 20.2 Å². The first-order chi connectivity index (χ1) is 11.7. The van der Waals surface area contributed by atoms with E-state index in [0.29, 0.717) is 24.1 Å². The van der Waals surface area contributed by atoms with Gasteiger partial charge in [-0.25, -0.2) is 9.37 Å². The molecule has 122 valence electrons. The van der Waals surface area contributed by atoms with Crippen molar-refractivity contribution in [3.8, 4) is 23.0 Å². The predicted molar refractivity (Wildman–Crippen MR) is 85.4 cm³/mol. The number of aromatic hydroxyl groups is 1. The number of halogens is 1. The normalized spacial score (nSPS) is 20.4. The smallest absolute Gasteiger partial charge is 0.336 e. The number of pyridine rings is 1. The number of phenols is 1. The van der Waals surface area contributed by atoms with E-state index in [4.69, 9.17) is 4.74 Å². The third kappa shape index (κ3) is 2.73. The molecule has 3 aromatic rings. The van der Waals surface area contributed by atoms with Gasteiger partial charge in [0.2, 0.25) is 0 Å². The average Bonchev–Trinajstić information content (AvgIpc) is 3.00. The molecule has 7 heteroatoms. The third-order valence-electron chi connectivity index (χ3n) is 4.20. The van der Waals surface area contributed by atoms with E-state index < -0.39 is 12.3 Å². The van der Waals surface area contributed by atoms with E-state index in [0.717, 1.165) is 17.2 Å². The van der Waals surface area contributed by atoms with E-state index in [1.807, 2.05) is 6.07 Å². The molecule has 1 aliphatic carbocycles. The maximum Gasteiger partial charge on any atom is 0.336 e. The number of hydrogen-bond acceptors (Lipinski definition) is 6. The van der Waals surface area contributed by atoms with Crippen LogP contribution in [0.4, 0.5) is 4.39 Å². The van der Waals surface area contributed by atoms with Crippen LogP contribution in [0.2, 0.25) is 0 Å². The standard InChI is InChI=1S/C17H15FN4O2/c18-13-2-1-3-16(13)24-17-20-9-14(21-22-17)12-6-10-4-5-19-8-11(10)7-15(12)23/h4-9,13,16,23H,1-3H2/t13-,16+/m1/s1. The fourth-order valence-corrected chi connectivity index (χ4v) is 2.92. The molecule has 0 unspecified atom stereocenters. The lowest BCUT2D eigenvalue weighted by atomic mass is 10.1. The number of phenolic OH excluding ortho intramolecular Hbond substituents is 1. The third-order valence-corrected chi connectivity index (χ3v) is 4.20. The molecule has 2 atom stereocenters. The van der Waals surface area contributed by atoms with Gasteiger partial charge in [0.1, 0.15) is 23.7 Å². The van der Waals surface area contributed by atoms with Crippen molar-refractivity contribution in [2.45, 2.75) is 31.5 Å². The molecule has 1 N–H and O–H groups in total. The van der Waals surface area contributed by atoms with Gasteiger partial charge in [0, 0.05) is 23.3 Å². The summed E-state index contributed by atoms with van der Waals surface area (Å²) in [5, 5.41) is 19.9. The van der Waals surface area contributed by atoms with Crippen LogP contribution < -0.4 is 4.74 Å². The molecule has 6 nitrogen and oxygen atoms in total. The summed E-state index contributed by atoms with van der Waals surface area (Å²) in [5.41, 5.74) is 0.936. The van der Waals surface area contributed by atoms with Gasteiger partial charge in [0.05, 0.1) is 6.20 Å². The van der Waals surface area contributed by atoms with Gasteiger partial charge in [-0.15, -0.1) is 5.10 Å². The minimum atomic E-state index is -0.980. The molecule has 0 aliphatic heterocycles. The number of hydrogen-bond donors (Lipinski definition) is 1. The number of nitrogens with zero attached hydrogens (tertiary/aromatic N) is 4. The second-order valence-electron chi connectivity index (χ2n) is 5.82. The van der Waals surface area contributed by atoms with Crippen LogP contribution in [0.3, 0.4) is 0 Å². The van der Waals surface area contributed by atoms with Crippen LogP contribution in [0.25, 0.3) is 22.0 Å². The Kier molecular flexibility index (Phi) is 3.68. The predicted octanol–water partition coefficient (Wildman–Crippen LogP) is 3.06. The van der Waals surface area contributed by atoms with Crippen molar-refractivity contribution in [2.75, 3.05) is 0 Å². The summed E-state index contributed by atoms with van der Waals surface area (Å²) in [6.45, 7) is 0. The van der Waals surface area contributed by atoms with Gasteiger partial charge in [0.25, 0.3) is 0 Å². The Balaban J connectivity index is 1.61. The fraction of sp³-hybridized carbons (Fsp3) is 0.294. The van der Waals surface area contributed by atoms with Crippen molar-refractivity contribution in [3.05, 3.63) is 36.8 Å². The Hall–Kier alpha value is -2.83. The Morgan fingerprint density at radius 2 is 2.04 bits per heavy atom. The maximum absolute atomic E-state index is 13.6. The molecule has 0 bridgehead atoms. The molecule has 2 aromatic heterocycles. The lowest BCUT2D eigenvalue weighted by Crippen LogP contribution is -2.23. The Morgan fingerprint density at radius 3 is 2.79 bits per heavy atom. The molecule has 0 amide bonds. The van der Waals surface area contributed by atoms with E-state index in [1.54, 1.807) is 24.5 Å². The van der Waals surface area contributed by atoms with Crippen LogP contribution in [0, 0.1) is 0 Å². The number of ether oxygens (including phenoxy) is 1. The SMILES string of the molecule is Oc1cc2cnccc2cc1-c1cnc(O[C@H]2CCC[C@H]2F)nn1. The number of rotatable bonds is 3. The largest absolute Gasteiger partial charge is 0.507 e. The van der Waals surface area contributed by atoms with Crippen LogP contribution in [0.5, 0.6) is 11.8 Å². The van der Waals surface area contributed by atoms with E-state index in [9.17, 15) is 9.50 Å². The van der Waals surface area contributed by atoms with Crippen molar-refractivity contribution in [2.24, 2.45) is 0 Å². The Labute approximate surface area is 137 Å². The number of fused-ring (bicyclic) bond motifs is 1. The second kappa shape index (κ2) is 5.99. The highest BCUT2D eigenvalue weighted by Gasteiger charge is 2.29. The highest BCUT2D eigenvalue weighted by Crippen LogP contribution is 2.32. The molecule has 0 radical (unpaired) electrons. The first-order valence-electron chi connectivity index (χ1n) is 7.78. The fourth-order valence-electron chi connectivity index (χ4n) is 2.92. The van der Waals surface area contributed by atoms with Crippen LogP contribution in [0.1, 0.15) is 19.3 Å². The molecule has 1 saturated carbocycles. The molecule has 0 saturated heterocycles. The lowest BCUT2D eigenvalue weighted by Gasteiger charge is -2.13. The van der Waals surface area contributed by atoms with Crippen molar-refractivity contribution in [3.63, 3.8) is 0 Å². The highest BCUT2D eigenvalue weighted by atomic mass is 19.1. The Bertz CT molecular complexity index is 872. The first-order valence-corrected chi connectivity index (χ1v) is 7.78. The zero-order valence-corrected chi connectivity index (χ0v) is 12.8. The minimum absolute atomic E-state index is 0.0535. The minimum Gasteiger partial charge on any atom is -0.507 e. The van der Waals surface area contributed by atoms with Gasteiger partial charge in [-0.1, -0.05) is 5.10 Å². The zero-order valence-electron chi connectivity index (χ0n) is 12.8. The monoisotopic (exact) mass is 326 g/mol. The van der Waals surface area contributed by atoms with Crippen molar-refractivity contribution in [1.29, 1.82) is 0 Å². The summed E-state index contributed by atoms with van der Waals surface area (Å²) in [6, 6.07) is 5.32. The van der Waals surface area contributed by atoms with Crippen LogP contribution in [-0.4, -0.2) is 37.5 Å². The lowest BCUT2D eigenvalue weighted by molar-refractivity contribution is 0.113. The topological polar surface area (TPSA) is 81.0 Å². The van der Waals surface area contributed by atoms with E-state index in [-0.39, 0.29) is 11.8 Å². The molecular weight excluding hydrogens is 311 g/mol. The van der Waals surface area contributed by atoms with Crippen molar-refractivity contribution in [1.82, 2.24) is 20.2 Å². The van der Waals surface area contributed by atoms with E-state index >= 15 is 0 Å². The van der Waals surface area contributed by atoms with Crippen LogP contribution in [-0.2, 0) is 0 Å². The molecule has 1 aromatic carbocycles. The maximum atomic E-state index is 13.6. The van der Waals surface area contributed by atoms with Gasteiger partial charge in [-0.05, 0) is 42.8 Å². The Morgan fingerprint density at radius 1 is 1.12 bits per heavy atom. The molecule has 0 spiro atoms. The van der Waals surface area contributed by atoms with Crippen LogP contribution >= 0.6 is 0 Å². The summed E-state index contributed by atoms with van der Waals surface area (Å²) >= 11 is 0. The summed E-state index contributed by atoms with van der Waals surface area (Å²) < 4.78 is 19.0. The molecule has 4 rings (SSSR count). The molecule has 1 aliphatic rings. The highest BCUT2D eigenvalue weighted by molar-refractivity contribution is 5.89. The molecular formula is C17H15FN4O2.